The van der Waals surface area contributed by atoms with Crippen molar-refractivity contribution in [3.63, 3.8) is 0 Å². The lowest BCUT2D eigenvalue weighted by atomic mass is 10.1. The number of aromatic nitrogens is 2. The molecule has 1 unspecified atom stereocenters. The molecule has 1 saturated heterocycles. The van der Waals surface area contributed by atoms with Crippen molar-refractivity contribution in [2.75, 3.05) is 25.2 Å². The first-order chi connectivity index (χ1) is 18.6. The molecule has 6 nitrogen and oxygen atoms in total. The van der Waals surface area contributed by atoms with E-state index in [1.54, 1.807) is 7.11 Å². The smallest absolute Gasteiger partial charge is 0.227 e. The summed E-state index contributed by atoms with van der Waals surface area (Å²) in [7, 11) is 1.66. The van der Waals surface area contributed by atoms with Gasteiger partial charge in [-0.15, -0.1) is 6.58 Å². The number of hydrogen-bond donors (Lipinski definition) is 0. The Morgan fingerprint density at radius 3 is 2.71 bits per heavy atom. The molecule has 0 spiro atoms. The molecule has 1 amide bonds. The van der Waals surface area contributed by atoms with Crippen LogP contribution in [0.5, 0.6) is 11.5 Å². The molecule has 3 aromatic carbocycles. The number of carbonyl (C=O) groups excluding carboxylic acids is 1. The predicted octanol–water partition coefficient (Wildman–Crippen LogP) is 6.92. The number of fused-ring (bicyclic) bond motifs is 1. The van der Waals surface area contributed by atoms with Crippen molar-refractivity contribution >= 4 is 38.6 Å². The molecule has 2 heterocycles. The number of benzene rings is 3. The third kappa shape index (κ3) is 5.48. The van der Waals surface area contributed by atoms with Crippen LogP contribution in [0.25, 0.3) is 11.0 Å². The number of amides is 1. The lowest BCUT2D eigenvalue weighted by Crippen LogP contribution is -2.25. The number of anilines is 1. The average Bonchev–Trinajstić information content (AvgIpc) is 3.50. The minimum atomic E-state index is 0.0385. The summed E-state index contributed by atoms with van der Waals surface area (Å²) < 4.78 is 14.8. The number of imidazole rings is 1. The molecule has 0 aliphatic carbocycles. The van der Waals surface area contributed by atoms with Crippen LogP contribution in [0.3, 0.4) is 0 Å². The third-order valence-corrected chi connectivity index (χ3v) is 7.63. The molecule has 0 radical (unpaired) electrons. The Kier molecular flexibility index (Phi) is 8.13. The predicted molar refractivity (Wildman–Crippen MR) is 155 cm³/mol. The second-order valence-electron chi connectivity index (χ2n) is 9.50. The van der Waals surface area contributed by atoms with E-state index >= 15 is 0 Å². The molecule has 0 saturated carbocycles. The van der Waals surface area contributed by atoms with Gasteiger partial charge in [-0.2, -0.15) is 0 Å². The van der Waals surface area contributed by atoms with E-state index in [1.807, 2.05) is 71.6 Å². The molecule has 0 bridgehead atoms. The second-order valence-corrected chi connectivity index (χ2v) is 10.4. The minimum absolute atomic E-state index is 0.0385. The highest BCUT2D eigenvalue weighted by Crippen LogP contribution is 2.36. The molecular weight excluding hydrogens is 542 g/mol. The largest absolute Gasteiger partial charge is 0.493 e. The van der Waals surface area contributed by atoms with Crippen molar-refractivity contribution in [1.29, 1.82) is 0 Å². The number of para-hydroxylation sites is 3. The Hall–Kier alpha value is -3.58. The zero-order chi connectivity index (χ0) is 26.5. The third-order valence-electron chi connectivity index (χ3n) is 6.96. The first-order valence-electron chi connectivity index (χ1n) is 13.0. The van der Waals surface area contributed by atoms with Gasteiger partial charge in [0.05, 0.1) is 30.4 Å². The van der Waals surface area contributed by atoms with Crippen molar-refractivity contribution in [2.24, 2.45) is 0 Å². The van der Waals surface area contributed by atoms with Gasteiger partial charge in [-0.05, 0) is 77.2 Å². The number of aryl methyl sites for hydroxylation is 1. The fraction of sp³-hybridized carbons (Fsp3) is 0.290. The summed E-state index contributed by atoms with van der Waals surface area (Å²) in [6.07, 6.45) is 4.94. The first-order valence-corrected chi connectivity index (χ1v) is 13.8. The van der Waals surface area contributed by atoms with Crippen LogP contribution in [0.15, 0.2) is 83.9 Å². The number of methoxy groups -OCH3 is 1. The highest BCUT2D eigenvalue weighted by Gasteiger charge is 2.35. The zero-order valence-electron chi connectivity index (χ0n) is 21.6. The van der Waals surface area contributed by atoms with Gasteiger partial charge in [-0.3, -0.25) is 4.79 Å². The van der Waals surface area contributed by atoms with Crippen LogP contribution in [0, 0.1) is 0 Å². The summed E-state index contributed by atoms with van der Waals surface area (Å²) in [4.78, 5) is 19.9. The molecule has 4 aromatic rings. The monoisotopic (exact) mass is 573 g/mol. The molecule has 5 rings (SSSR count). The lowest BCUT2D eigenvalue weighted by Gasteiger charge is -2.19. The highest BCUT2D eigenvalue weighted by molar-refractivity contribution is 9.10. The highest BCUT2D eigenvalue weighted by atomic mass is 79.9. The molecule has 7 heteroatoms. The van der Waals surface area contributed by atoms with Crippen molar-refractivity contribution in [1.82, 2.24) is 9.55 Å². The van der Waals surface area contributed by atoms with Gasteiger partial charge in [0.1, 0.15) is 5.82 Å². The van der Waals surface area contributed by atoms with Gasteiger partial charge in [0.15, 0.2) is 11.5 Å². The van der Waals surface area contributed by atoms with E-state index in [4.69, 9.17) is 14.5 Å². The fourth-order valence-electron chi connectivity index (χ4n) is 5.10. The Labute approximate surface area is 232 Å². The van der Waals surface area contributed by atoms with Crippen molar-refractivity contribution < 1.29 is 14.3 Å². The van der Waals surface area contributed by atoms with Gasteiger partial charge >= 0.3 is 0 Å². The van der Waals surface area contributed by atoms with Gasteiger partial charge in [0, 0.05) is 29.9 Å². The number of nitrogens with zero attached hydrogens (tertiary/aromatic N) is 3. The zero-order valence-corrected chi connectivity index (χ0v) is 23.2. The topological polar surface area (TPSA) is 56.6 Å². The number of ether oxygens (including phenoxy) is 2. The fourth-order valence-corrected chi connectivity index (χ4v) is 5.60. The van der Waals surface area contributed by atoms with Crippen LogP contribution in [0.2, 0.25) is 0 Å². The van der Waals surface area contributed by atoms with E-state index in [0.29, 0.717) is 19.6 Å². The van der Waals surface area contributed by atoms with Gasteiger partial charge in [0.2, 0.25) is 5.91 Å². The molecule has 1 atom stereocenters. The summed E-state index contributed by atoms with van der Waals surface area (Å²) in [6, 6.07) is 22.1. The Morgan fingerprint density at radius 2 is 1.89 bits per heavy atom. The maximum Gasteiger partial charge on any atom is 0.227 e. The van der Waals surface area contributed by atoms with E-state index in [1.165, 1.54) is 0 Å². The quantitative estimate of drug-likeness (QED) is 0.144. The summed E-state index contributed by atoms with van der Waals surface area (Å²) in [6.45, 7) is 5.83. The maximum atomic E-state index is 13.0. The van der Waals surface area contributed by atoms with E-state index in [9.17, 15) is 4.79 Å². The maximum absolute atomic E-state index is 13.0. The summed E-state index contributed by atoms with van der Waals surface area (Å²) in [5, 5.41) is 0. The molecular formula is C31H32BrN3O3. The Bertz CT molecular complexity index is 1450. The van der Waals surface area contributed by atoms with E-state index in [-0.39, 0.29) is 11.8 Å². The first kappa shape index (κ1) is 26.0. The molecule has 0 N–H and O–H groups in total. The van der Waals surface area contributed by atoms with Crippen LogP contribution >= 0.6 is 15.9 Å². The van der Waals surface area contributed by atoms with Crippen LogP contribution in [-0.2, 0) is 17.8 Å². The molecule has 1 fully saturated rings. The minimum Gasteiger partial charge on any atom is -0.493 e. The Balaban J connectivity index is 1.27. The molecule has 38 heavy (non-hydrogen) atoms. The second kappa shape index (κ2) is 11.9. The number of unbranched alkanes of at least 4 members (excludes halogenated alkanes) is 1. The van der Waals surface area contributed by atoms with Gasteiger partial charge < -0.3 is 18.9 Å². The van der Waals surface area contributed by atoms with Gasteiger partial charge in [-0.25, -0.2) is 4.98 Å². The molecule has 196 valence electrons. The summed E-state index contributed by atoms with van der Waals surface area (Å²) >= 11 is 3.60. The average molecular weight is 575 g/mol. The number of halogens is 1. The van der Waals surface area contributed by atoms with Gasteiger partial charge in [0.25, 0.3) is 0 Å². The van der Waals surface area contributed by atoms with E-state index in [2.05, 4.69) is 33.1 Å². The number of allylic oxidation sites excluding steroid dienone is 1. The summed E-state index contributed by atoms with van der Waals surface area (Å²) in [5.74, 6) is 2.64. The van der Waals surface area contributed by atoms with E-state index < -0.39 is 0 Å². The Morgan fingerprint density at radius 1 is 1.08 bits per heavy atom. The van der Waals surface area contributed by atoms with Crippen LogP contribution in [-0.4, -0.2) is 35.7 Å². The number of hydrogen-bond acceptors (Lipinski definition) is 4. The van der Waals surface area contributed by atoms with E-state index in [0.717, 1.165) is 69.9 Å². The molecule has 1 aliphatic rings. The van der Waals surface area contributed by atoms with Crippen LogP contribution in [0.4, 0.5) is 5.69 Å². The summed E-state index contributed by atoms with van der Waals surface area (Å²) in [5.41, 5.74) is 4.13. The molecule has 1 aromatic heterocycles. The van der Waals surface area contributed by atoms with Crippen molar-refractivity contribution in [3.05, 3.63) is 95.2 Å². The van der Waals surface area contributed by atoms with Crippen molar-refractivity contribution in [3.8, 4) is 11.5 Å². The normalized spacial score (nSPS) is 15.3. The standard InChI is InChI=1S/C31H32BrN3O3/c1-3-10-22-15-16-28(29(19-22)37-2)38-18-9-8-17-34-27-14-7-5-12-25(27)33-31(34)23-20-30(36)35(21-23)26-13-6-4-11-24(26)32/h3-7,11-16,19,23H,1,8-10,17-18,20-21H2,2H3. The SMILES string of the molecule is C=CCc1ccc(OCCCCn2c(C3CC(=O)N(c4ccccc4Br)C3)nc3ccccc32)c(OC)c1. The number of rotatable bonds is 11. The van der Waals surface area contributed by atoms with Crippen molar-refractivity contribution in [2.45, 2.75) is 38.1 Å². The van der Waals surface area contributed by atoms with Crippen LogP contribution in [0.1, 0.15) is 36.6 Å². The van der Waals surface area contributed by atoms with Gasteiger partial charge in [-0.1, -0.05) is 36.4 Å². The van der Waals surface area contributed by atoms with Crippen LogP contribution < -0.4 is 14.4 Å². The molecule has 1 aliphatic heterocycles. The number of carbonyl (C=O) groups is 1. The lowest BCUT2D eigenvalue weighted by molar-refractivity contribution is -0.117.